The second-order valence-corrected chi connectivity index (χ2v) is 10.5. The topological polar surface area (TPSA) is 54.9 Å². The highest BCUT2D eigenvalue weighted by Crippen LogP contribution is 2.37. The summed E-state index contributed by atoms with van der Waals surface area (Å²) in [5.41, 5.74) is 4.14. The molecule has 0 N–H and O–H groups in total. The molecule has 7 heteroatoms. The van der Waals surface area contributed by atoms with Crippen LogP contribution in [0.15, 0.2) is 72.9 Å². The lowest BCUT2D eigenvalue weighted by molar-refractivity contribution is 0.0339. The number of rotatable bonds is 8. The first kappa shape index (κ1) is 24.8. The van der Waals surface area contributed by atoms with Crippen molar-refractivity contribution >= 4 is 17.9 Å². The van der Waals surface area contributed by atoms with Gasteiger partial charge in [0.05, 0.1) is 24.8 Å². The number of hydrogen-bond donors (Lipinski definition) is 0. The third-order valence-electron chi connectivity index (χ3n) is 6.89. The summed E-state index contributed by atoms with van der Waals surface area (Å²) in [6.07, 6.45) is 3.84. The number of hydrogen-bond acceptors (Lipinski definition) is 6. The van der Waals surface area contributed by atoms with Gasteiger partial charge in [0.2, 0.25) is 0 Å². The van der Waals surface area contributed by atoms with Crippen molar-refractivity contribution in [3.05, 3.63) is 95.3 Å². The number of nitrogens with zero attached hydrogens (tertiary/aromatic N) is 3. The first-order chi connectivity index (χ1) is 17.6. The van der Waals surface area contributed by atoms with Gasteiger partial charge in [-0.2, -0.15) is 0 Å². The van der Waals surface area contributed by atoms with Crippen LogP contribution in [0.4, 0.5) is 0 Å². The monoisotopic (exact) mass is 503 g/mol. The molecule has 2 aromatic carbocycles. The Morgan fingerprint density at radius 2 is 1.92 bits per heavy atom. The quantitative estimate of drug-likeness (QED) is 0.389. The fourth-order valence-electron chi connectivity index (χ4n) is 5.01. The van der Waals surface area contributed by atoms with Gasteiger partial charge in [-0.05, 0) is 61.7 Å². The largest absolute Gasteiger partial charge is 0.486 e. The second kappa shape index (κ2) is 11.5. The van der Waals surface area contributed by atoms with Crippen molar-refractivity contribution in [2.75, 3.05) is 26.7 Å². The molecule has 6 nitrogen and oxygen atoms in total. The van der Waals surface area contributed by atoms with E-state index >= 15 is 0 Å². The highest BCUT2D eigenvalue weighted by molar-refractivity contribution is 7.96. The standard InChI is InChI=1S/C29H33N3O3S/c1-21-8-5-10-23(16-21)29(33)31-18-27(34-2)28(19-31)35-24-11-6-9-22(17-24)20-36-32-15-7-13-26(32)25-12-3-4-14-30-25/h3-6,8-12,14,16-17,26-28H,7,13,15,18-20H2,1-2H3. The number of likely N-dealkylation sites (tertiary alicyclic amines) is 1. The maximum Gasteiger partial charge on any atom is 0.254 e. The molecule has 2 fully saturated rings. The van der Waals surface area contributed by atoms with Gasteiger partial charge < -0.3 is 14.4 Å². The van der Waals surface area contributed by atoms with E-state index in [4.69, 9.17) is 9.47 Å². The Balaban J connectivity index is 1.20. The Hall–Kier alpha value is -2.87. The van der Waals surface area contributed by atoms with Crippen LogP contribution in [-0.2, 0) is 10.5 Å². The Bertz CT molecular complexity index is 1180. The number of methoxy groups -OCH3 is 1. The maximum atomic E-state index is 13.1. The van der Waals surface area contributed by atoms with Crippen molar-refractivity contribution in [3.63, 3.8) is 0 Å². The predicted molar refractivity (Wildman–Crippen MR) is 143 cm³/mol. The number of benzene rings is 2. The molecule has 36 heavy (non-hydrogen) atoms. The van der Waals surface area contributed by atoms with E-state index in [1.54, 1.807) is 7.11 Å². The van der Waals surface area contributed by atoms with Crippen molar-refractivity contribution in [1.29, 1.82) is 0 Å². The molecule has 1 amide bonds. The van der Waals surface area contributed by atoms with E-state index in [1.807, 2.05) is 72.4 Å². The van der Waals surface area contributed by atoms with Crippen LogP contribution < -0.4 is 4.74 Å². The molecular weight excluding hydrogens is 470 g/mol. The molecular formula is C29H33N3O3S. The summed E-state index contributed by atoms with van der Waals surface area (Å²) in [5.74, 6) is 1.70. The van der Waals surface area contributed by atoms with Crippen LogP contribution in [0.3, 0.4) is 0 Å². The Morgan fingerprint density at radius 1 is 1.06 bits per heavy atom. The van der Waals surface area contributed by atoms with Gasteiger partial charge in [0, 0.05) is 31.2 Å². The minimum absolute atomic E-state index is 0.0186. The first-order valence-electron chi connectivity index (χ1n) is 12.6. The Morgan fingerprint density at radius 3 is 2.72 bits per heavy atom. The van der Waals surface area contributed by atoms with E-state index in [2.05, 4.69) is 33.6 Å². The summed E-state index contributed by atoms with van der Waals surface area (Å²) in [6, 6.07) is 22.5. The summed E-state index contributed by atoms with van der Waals surface area (Å²) in [5, 5.41) is 0. The van der Waals surface area contributed by atoms with Gasteiger partial charge in [-0.1, -0.05) is 47.8 Å². The van der Waals surface area contributed by atoms with Gasteiger partial charge in [0.25, 0.3) is 5.91 Å². The summed E-state index contributed by atoms with van der Waals surface area (Å²) >= 11 is 1.86. The van der Waals surface area contributed by atoms with Crippen LogP contribution in [0.2, 0.25) is 0 Å². The van der Waals surface area contributed by atoms with E-state index in [9.17, 15) is 4.79 Å². The molecule has 5 rings (SSSR count). The maximum absolute atomic E-state index is 13.1. The van der Waals surface area contributed by atoms with Crippen LogP contribution in [0.1, 0.15) is 46.1 Å². The summed E-state index contributed by atoms with van der Waals surface area (Å²) in [6.45, 7) is 4.10. The Kier molecular flexibility index (Phi) is 7.90. The van der Waals surface area contributed by atoms with Crippen molar-refractivity contribution < 1.29 is 14.3 Å². The lowest BCUT2D eigenvalue weighted by Gasteiger charge is -2.23. The van der Waals surface area contributed by atoms with E-state index in [1.165, 1.54) is 12.0 Å². The second-order valence-electron chi connectivity index (χ2n) is 9.48. The normalized spacial score (nSPS) is 22.2. The van der Waals surface area contributed by atoms with Crippen LogP contribution in [0, 0.1) is 6.92 Å². The number of ether oxygens (including phenoxy) is 2. The van der Waals surface area contributed by atoms with Gasteiger partial charge in [-0.15, -0.1) is 0 Å². The SMILES string of the molecule is COC1CN(C(=O)c2cccc(C)c2)CC1Oc1cccc(CSN2CCCC2c2ccccn2)c1. The number of carbonyl (C=O) groups is 1. The zero-order chi connectivity index (χ0) is 24.9. The molecule has 0 aliphatic carbocycles. The van der Waals surface area contributed by atoms with Gasteiger partial charge >= 0.3 is 0 Å². The summed E-state index contributed by atoms with van der Waals surface area (Å²) in [7, 11) is 1.68. The van der Waals surface area contributed by atoms with Crippen LogP contribution in [-0.4, -0.2) is 59.0 Å². The molecule has 1 aromatic heterocycles. The number of amides is 1. The van der Waals surface area contributed by atoms with E-state index in [0.29, 0.717) is 24.7 Å². The molecule has 0 saturated carbocycles. The van der Waals surface area contributed by atoms with Crippen molar-refractivity contribution in [2.24, 2.45) is 0 Å². The van der Waals surface area contributed by atoms with Crippen LogP contribution in [0.5, 0.6) is 5.75 Å². The predicted octanol–water partition coefficient (Wildman–Crippen LogP) is 5.29. The van der Waals surface area contributed by atoms with Crippen LogP contribution in [0.25, 0.3) is 0 Å². The fourth-order valence-corrected chi connectivity index (χ4v) is 6.16. The molecule has 3 unspecified atom stereocenters. The number of aromatic nitrogens is 1. The van der Waals surface area contributed by atoms with Crippen LogP contribution >= 0.6 is 11.9 Å². The van der Waals surface area contributed by atoms with Crippen molar-refractivity contribution in [3.8, 4) is 5.75 Å². The van der Waals surface area contributed by atoms with Gasteiger partial charge in [-0.3, -0.25) is 9.78 Å². The molecule has 0 bridgehead atoms. The first-order valence-corrected chi connectivity index (χ1v) is 13.5. The molecule has 2 aliphatic rings. The minimum Gasteiger partial charge on any atom is -0.486 e. The zero-order valence-electron chi connectivity index (χ0n) is 20.9. The average Bonchev–Trinajstić information content (AvgIpc) is 3.55. The lowest BCUT2D eigenvalue weighted by atomic mass is 10.1. The van der Waals surface area contributed by atoms with E-state index in [0.717, 1.165) is 35.7 Å². The van der Waals surface area contributed by atoms with Gasteiger partial charge in [0.15, 0.2) is 0 Å². The van der Waals surface area contributed by atoms with Gasteiger partial charge in [0.1, 0.15) is 18.0 Å². The lowest BCUT2D eigenvalue weighted by Crippen LogP contribution is -2.32. The highest BCUT2D eigenvalue weighted by atomic mass is 32.2. The molecule has 2 saturated heterocycles. The number of pyridine rings is 1. The molecule has 2 aliphatic heterocycles. The minimum atomic E-state index is -0.209. The van der Waals surface area contributed by atoms with E-state index < -0.39 is 0 Å². The fraction of sp³-hybridized carbons (Fsp3) is 0.379. The highest BCUT2D eigenvalue weighted by Gasteiger charge is 2.37. The Labute approximate surface area is 217 Å². The third-order valence-corrected chi connectivity index (χ3v) is 8.12. The molecule has 3 aromatic rings. The molecule has 0 radical (unpaired) electrons. The number of aryl methyl sites for hydroxylation is 1. The smallest absolute Gasteiger partial charge is 0.254 e. The summed E-state index contributed by atoms with van der Waals surface area (Å²) in [4.78, 5) is 19.5. The number of carbonyl (C=O) groups excluding carboxylic acids is 1. The zero-order valence-corrected chi connectivity index (χ0v) is 21.7. The molecule has 3 heterocycles. The average molecular weight is 504 g/mol. The third kappa shape index (κ3) is 5.75. The summed E-state index contributed by atoms with van der Waals surface area (Å²) < 4.78 is 14.5. The molecule has 188 valence electrons. The van der Waals surface area contributed by atoms with E-state index in [-0.39, 0.29) is 18.1 Å². The molecule has 3 atom stereocenters. The van der Waals surface area contributed by atoms with Crippen molar-refractivity contribution in [2.45, 2.75) is 43.8 Å². The van der Waals surface area contributed by atoms with Crippen molar-refractivity contribution in [1.82, 2.24) is 14.2 Å². The molecule has 0 spiro atoms. The van der Waals surface area contributed by atoms with Gasteiger partial charge in [-0.25, -0.2) is 4.31 Å².